The van der Waals surface area contributed by atoms with Crippen molar-refractivity contribution in [1.29, 1.82) is 0 Å². The first-order valence-electron chi connectivity index (χ1n) is 5.09. The molecule has 0 spiro atoms. The van der Waals surface area contributed by atoms with Crippen molar-refractivity contribution >= 4 is 0 Å². The molecule has 3 atom stereocenters. The predicted molar refractivity (Wildman–Crippen MR) is 58.2 cm³/mol. The maximum absolute atomic E-state index is 9.25. The van der Waals surface area contributed by atoms with Crippen LogP contribution in [0.4, 0.5) is 0 Å². The molecule has 0 aromatic heterocycles. The lowest BCUT2D eigenvalue weighted by Crippen LogP contribution is -2.41. The summed E-state index contributed by atoms with van der Waals surface area (Å²) >= 11 is 0. The number of aliphatic hydroxyl groups excluding tert-OH is 1. The molecule has 0 aromatic rings. The van der Waals surface area contributed by atoms with E-state index in [0.717, 1.165) is 12.8 Å². The van der Waals surface area contributed by atoms with Crippen LogP contribution in [0.15, 0.2) is 0 Å². The van der Waals surface area contributed by atoms with Gasteiger partial charge < -0.3 is 20.2 Å². The third kappa shape index (κ3) is 5.54. The minimum Gasteiger partial charge on any atom is -0.412 e. The Hall–Kier alpha value is -0.160. The number of hydrogen-bond donors (Lipinski definition) is 1. The van der Waals surface area contributed by atoms with Gasteiger partial charge >= 0.3 is 0 Å². The molecule has 0 amide bonds. The van der Waals surface area contributed by atoms with Gasteiger partial charge in [-0.25, -0.2) is 0 Å². The number of nitrogens with zero attached hydrogens (tertiary/aromatic N) is 1. The molecule has 14 heavy (non-hydrogen) atoms. The molecule has 1 heterocycles. The Bertz CT molecular complexity index is 121. The second kappa shape index (κ2) is 8.17. The van der Waals surface area contributed by atoms with Crippen LogP contribution in [-0.4, -0.2) is 48.0 Å². The van der Waals surface area contributed by atoms with Crippen LogP contribution in [0.25, 0.3) is 0 Å². The van der Waals surface area contributed by atoms with Crippen LogP contribution in [0, 0.1) is 0 Å². The summed E-state index contributed by atoms with van der Waals surface area (Å²) in [4.78, 5) is 2.14. The minimum absolute atomic E-state index is 0. The molecule has 1 saturated heterocycles. The number of aliphatic hydroxyl groups is 1. The molecule has 1 aliphatic heterocycles. The SMILES string of the molecule is CC.C[C@@H]1C[C@H](N(C)C)CC(O)O1.O. The van der Waals surface area contributed by atoms with E-state index in [1.54, 1.807) is 0 Å². The second-order valence-electron chi connectivity index (χ2n) is 3.49. The zero-order valence-electron chi connectivity index (χ0n) is 9.95. The first-order valence-corrected chi connectivity index (χ1v) is 5.09. The standard InChI is InChI=1S/C8H17NO2.C2H6.H2O/c1-6-4-7(9(2)3)5-8(10)11-6;1-2;/h6-8,10H,4-5H2,1-3H3;1-2H3;1H2/t6-,7+,8?;;/m1../s1. The highest BCUT2D eigenvalue weighted by Gasteiger charge is 2.26. The zero-order valence-corrected chi connectivity index (χ0v) is 9.95. The lowest BCUT2D eigenvalue weighted by Gasteiger charge is -2.34. The summed E-state index contributed by atoms with van der Waals surface area (Å²) in [7, 11) is 4.07. The number of ether oxygens (including phenoxy) is 1. The predicted octanol–water partition coefficient (Wildman–Crippen LogP) is 0.635. The Morgan fingerprint density at radius 3 is 2.07 bits per heavy atom. The van der Waals surface area contributed by atoms with Crippen molar-refractivity contribution < 1.29 is 15.3 Å². The van der Waals surface area contributed by atoms with Gasteiger partial charge in [0.05, 0.1) is 6.10 Å². The summed E-state index contributed by atoms with van der Waals surface area (Å²) in [6.07, 6.45) is 1.37. The van der Waals surface area contributed by atoms with Crippen LogP contribution < -0.4 is 0 Å². The van der Waals surface area contributed by atoms with Crippen LogP contribution in [0.3, 0.4) is 0 Å². The van der Waals surface area contributed by atoms with Crippen LogP contribution in [0.5, 0.6) is 0 Å². The highest BCUT2D eigenvalue weighted by Crippen LogP contribution is 2.20. The van der Waals surface area contributed by atoms with E-state index < -0.39 is 6.29 Å². The van der Waals surface area contributed by atoms with E-state index in [4.69, 9.17) is 4.74 Å². The molecule has 3 N–H and O–H groups in total. The lowest BCUT2D eigenvalue weighted by atomic mass is 10.0. The summed E-state index contributed by atoms with van der Waals surface area (Å²) in [5, 5.41) is 9.25. The van der Waals surface area contributed by atoms with Crippen LogP contribution in [0.1, 0.15) is 33.6 Å². The first-order chi connectivity index (χ1) is 6.09. The Morgan fingerprint density at radius 2 is 1.71 bits per heavy atom. The van der Waals surface area contributed by atoms with E-state index in [1.165, 1.54) is 0 Å². The molecule has 0 aromatic carbocycles. The van der Waals surface area contributed by atoms with E-state index in [-0.39, 0.29) is 11.6 Å². The zero-order chi connectivity index (χ0) is 10.4. The third-order valence-electron chi connectivity index (χ3n) is 2.20. The van der Waals surface area contributed by atoms with Gasteiger partial charge in [-0.05, 0) is 27.4 Å². The first kappa shape index (κ1) is 16.3. The number of rotatable bonds is 1. The van der Waals surface area contributed by atoms with Gasteiger partial charge in [-0.2, -0.15) is 0 Å². The van der Waals surface area contributed by atoms with Crippen molar-refractivity contribution in [2.75, 3.05) is 14.1 Å². The van der Waals surface area contributed by atoms with Crippen LogP contribution in [-0.2, 0) is 4.74 Å². The molecular formula is C10H25NO3. The Kier molecular flexibility index (Phi) is 9.50. The maximum Gasteiger partial charge on any atom is 0.156 e. The molecule has 0 aliphatic carbocycles. The molecule has 88 valence electrons. The van der Waals surface area contributed by atoms with Crippen molar-refractivity contribution in [2.45, 2.75) is 52.0 Å². The second-order valence-corrected chi connectivity index (χ2v) is 3.49. The van der Waals surface area contributed by atoms with Gasteiger partial charge in [0.2, 0.25) is 0 Å². The summed E-state index contributed by atoms with van der Waals surface area (Å²) in [6.45, 7) is 6.00. The smallest absolute Gasteiger partial charge is 0.156 e. The summed E-state index contributed by atoms with van der Waals surface area (Å²) < 4.78 is 5.20. The van der Waals surface area contributed by atoms with Crippen LogP contribution in [0.2, 0.25) is 0 Å². The average Bonchev–Trinajstić information content (AvgIpc) is 2.06. The molecule has 1 aliphatic rings. The van der Waals surface area contributed by atoms with Gasteiger partial charge in [-0.3, -0.25) is 0 Å². The van der Waals surface area contributed by atoms with E-state index >= 15 is 0 Å². The van der Waals surface area contributed by atoms with E-state index in [0.29, 0.717) is 6.04 Å². The quantitative estimate of drug-likeness (QED) is 0.686. The summed E-state index contributed by atoms with van der Waals surface area (Å²) in [6, 6.07) is 0.466. The van der Waals surface area contributed by atoms with E-state index in [9.17, 15) is 5.11 Å². The van der Waals surface area contributed by atoms with Crippen molar-refractivity contribution in [3.8, 4) is 0 Å². The fourth-order valence-electron chi connectivity index (χ4n) is 1.51. The summed E-state index contributed by atoms with van der Waals surface area (Å²) in [5.41, 5.74) is 0. The fraction of sp³-hybridized carbons (Fsp3) is 1.00. The summed E-state index contributed by atoms with van der Waals surface area (Å²) in [5.74, 6) is 0. The lowest BCUT2D eigenvalue weighted by molar-refractivity contribution is -0.172. The molecule has 4 heteroatoms. The monoisotopic (exact) mass is 207 g/mol. The van der Waals surface area contributed by atoms with Gasteiger partial charge in [-0.1, -0.05) is 13.8 Å². The third-order valence-corrected chi connectivity index (χ3v) is 2.20. The van der Waals surface area contributed by atoms with Crippen molar-refractivity contribution in [1.82, 2.24) is 4.90 Å². The highest BCUT2D eigenvalue weighted by molar-refractivity contribution is 4.75. The normalized spacial score (nSPS) is 31.5. The van der Waals surface area contributed by atoms with Gasteiger partial charge in [0.1, 0.15) is 0 Å². The van der Waals surface area contributed by atoms with Crippen molar-refractivity contribution in [3.05, 3.63) is 0 Å². The molecule has 1 unspecified atom stereocenters. The van der Waals surface area contributed by atoms with Crippen molar-refractivity contribution in [2.24, 2.45) is 0 Å². The molecule has 4 nitrogen and oxygen atoms in total. The maximum atomic E-state index is 9.25. The average molecular weight is 207 g/mol. The molecule has 0 bridgehead atoms. The topological polar surface area (TPSA) is 64.2 Å². The van der Waals surface area contributed by atoms with Gasteiger partial charge in [-0.15, -0.1) is 0 Å². The largest absolute Gasteiger partial charge is 0.412 e. The Balaban J connectivity index is 0. The molecule has 0 radical (unpaired) electrons. The fourth-order valence-corrected chi connectivity index (χ4v) is 1.51. The Morgan fingerprint density at radius 1 is 1.21 bits per heavy atom. The Labute approximate surface area is 87.2 Å². The van der Waals surface area contributed by atoms with E-state index in [2.05, 4.69) is 4.90 Å². The number of hydrogen-bond acceptors (Lipinski definition) is 3. The van der Waals surface area contributed by atoms with E-state index in [1.807, 2.05) is 34.9 Å². The highest BCUT2D eigenvalue weighted by atomic mass is 16.6. The molecule has 1 fully saturated rings. The minimum atomic E-state index is -0.564. The van der Waals surface area contributed by atoms with Gasteiger partial charge in [0.25, 0.3) is 0 Å². The van der Waals surface area contributed by atoms with Crippen LogP contribution >= 0.6 is 0 Å². The molecule has 0 saturated carbocycles. The van der Waals surface area contributed by atoms with Gasteiger partial charge in [0, 0.05) is 12.5 Å². The van der Waals surface area contributed by atoms with Crippen molar-refractivity contribution in [3.63, 3.8) is 0 Å². The van der Waals surface area contributed by atoms with Gasteiger partial charge in [0.15, 0.2) is 6.29 Å². The molecular weight excluding hydrogens is 182 g/mol. The molecule has 1 rings (SSSR count).